The molecule has 198 valence electrons. The molecule has 0 aliphatic heterocycles. The molecule has 11 nitrogen and oxygen atoms in total. The molecule has 0 aliphatic rings. The van der Waals surface area contributed by atoms with E-state index in [1.54, 1.807) is 44.2 Å². The van der Waals surface area contributed by atoms with Crippen LogP contribution in [0.25, 0.3) is 0 Å². The molecule has 35 heavy (non-hydrogen) atoms. The number of carbonyl (C=O) groups excluding carboxylic acids is 3. The fraction of sp³-hybridized carbons (Fsp3) is 0.609. The van der Waals surface area contributed by atoms with Gasteiger partial charge in [-0.2, -0.15) is 8.42 Å². The molecular weight excluding hydrogens is 478 g/mol. The molecule has 1 rings (SSSR count). The molecule has 0 radical (unpaired) electrons. The van der Waals surface area contributed by atoms with Gasteiger partial charge in [0.1, 0.15) is 12.5 Å². The van der Waals surface area contributed by atoms with Gasteiger partial charge in [0.15, 0.2) is 5.78 Å². The number of Topliss-reactive ketones (excluding diaryl/α,β-unsaturated/α-hetero) is 2. The van der Waals surface area contributed by atoms with Crippen molar-refractivity contribution in [3.63, 3.8) is 0 Å². The average molecular weight is 516 g/mol. The number of aliphatic hydroxyl groups is 1. The number of benzene rings is 1. The van der Waals surface area contributed by atoms with Crippen molar-refractivity contribution < 1.29 is 37.2 Å². The lowest BCUT2D eigenvalue weighted by Gasteiger charge is -2.34. The molecule has 0 fully saturated rings. The SMILES string of the molecule is CC(C)C[C@@H](N)C(=O)C(O)(C(N)CC(C)C(C(=O)OCc1ccccc1)C(=O)[C@@H](C)N)S(=O)(=O)O. The van der Waals surface area contributed by atoms with E-state index in [2.05, 4.69) is 0 Å². The van der Waals surface area contributed by atoms with Crippen LogP contribution in [-0.4, -0.2) is 58.7 Å². The Bertz CT molecular complexity index is 984. The molecule has 0 amide bonds. The quantitative estimate of drug-likeness (QED) is 0.128. The minimum atomic E-state index is -5.44. The molecule has 0 saturated heterocycles. The van der Waals surface area contributed by atoms with Crippen molar-refractivity contribution >= 4 is 27.7 Å². The van der Waals surface area contributed by atoms with E-state index in [1.807, 2.05) is 0 Å². The van der Waals surface area contributed by atoms with Gasteiger partial charge in [0.2, 0.25) is 5.78 Å². The summed E-state index contributed by atoms with van der Waals surface area (Å²) in [7, 11) is -5.44. The lowest BCUT2D eigenvalue weighted by molar-refractivity contribution is -0.156. The number of ether oxygens (including phenoxy) is 1. The van der Waals surface area contributed by atoms with Crippen LogP contribution in [-0.2, 0) is 35.8 Å². The lowest BCUT2D eigenvalue weighted by Crippen LogP contribution is -2.64. The van der Waals surface area contributed by atoms with E-state index >= 15 is 0 Å². The Morgan fingerprint density at radius 2 is 1.54 bits per heavy atom. The Kier molecular flexibility index (Phi) is 11.1. The first-order valence-corrected chi connectivity index (χ1v) is 12.7. The van der Waals surface area contributed by atoms with Gasteiger partial charge in [0.25, 0.3) is 4.93 Å². The first-order valence-electron chi connectivity index (χ1n) is 11.3. The zero-order valence-electron chi connectivity index (χ0n) is 20.5. The Morgan fingerprint density at radius 3 is 2.00 bits per heavy atom. The van der Waals surface area contributed by atoms with Crippen LogP contribution in [0.1, 0.15) is 46.1 Å². The molecule has 0 heterocycles. The fourth-order valence-corrected chi connectivity index (χ4v) is 4.69. The van der Waals surface area contributed by atoms with Crippen molar-refractivity contribution in [2.45, 2.75) is 70.2 Å². The summed E-state index contributed by atoms with van der Waals surface area (Å²) in [6, 6.07) is 4.29. The Labute approximate surface area is 206 Å². The Balaban J connectivity index is 3.20. The normalized spacial score (nSPS) is 18.1. The average Bonchev–Trinajstić information content (AvgIpc) is 2.75. The van der Waals surface area contributed by atoms with Crippen molar-refractivity contribution in [1.82, 2.24) is 0 Å². The summed E-state index contributed by atoms with van der Waals surface area (Å²) < 4.78 is 39.2. The van der Waals surface area contributed by atoms with Crippen molar-refractivity contribution in [2.75, 3.05) is 0 Å². The van der Waals surface area contributed by atoms with Gasteiger partial charge in [0, 0.05) is 0 Å². The summed E-state index contributed by atoms with van der Waals surface area (Å²) in [5.41, 5.74) is 18.1. The van der Waals surface area contributed by atoms with Gasteiger partial charge < -0.3 is 27.0 Å². The van der Waals surface area contributed by atoms with Crippen molar-refractivity contribution in [3.8, 4) is 0 Å². The van der Waals surface area contributed by atoms with Gasteiger partial charge in [0.05, 0.1) is 18.1 Å². The molecule has 12 heteroatoms. The van der Waals surface area contributed by atoms with E-state index in [0.29, 0.717) is 5.56 Å². The molecular formula is C23H37N3O8S. The van der Waals surface area contributed by atoms with Gasteiger partial charge in [-0.3, -0.25) is 18.9 Å². The summed E-state index contributed by atoms with van der Waals surface area (Å²) in [4.78, 5) is 34.9. The minimum Gasteiger partial charge on any atom is -0.460 e. The van der Waals surface area contributed by atoms with Gasteiger partial charge in [-0.05, 0) is 37.2 Å². The zero-order chi connectivity index (χ0) is 27.1. The number of carbonyl (C=O) groups is 3. The molecule has 4 unspecified atom stereocenters. The third kappa shape index (κ3) is 7.89. The standard InChI is InChI=1S/C23H37N3O8S/c1-13(2)10-17(25)21(28)23(30,35(31,32)33)18(26)11-14(3)19(20(27)15(4)24)22(29)34-12-16-8-6-5-7-9-16/h5-9,13-15,17-19,30H,10-12,24-26H2,1-4H3,(H,31,32,33)/t14?,15-,17-,18?,19?,23?/m1/s1. The van der Waals surface area contributed by atoms with Gasteiger partial charge in [-0.1, -0.05) is 51.1 Å². The molecule has 0 saturated carbocycles. The summed E-state index contributed by atoms with van der Waals surface area (Å²) >= 11 is 0. The molecule has 0 aliphatic carbocycles. The van der Waals surface area contributed by atoms with E-state index in [4.69, 9.17) is 21.9 Å². The number of rotatable bonds is 14. The van der Waals surface area contributed by atoms with Crippen LogP contribution >= 0.6 is 0 Å². The second-order valence-corrected chi connectivity index (χ2v) is 10.9. The summed E-state index contributed by atoms with van der Waals surface area (Å²) in [6.45, 7) is 6.10. The van der Waals surface area contributed by atoms with E-state index in [0.717, 1.165) is 0 Å². The summed E-state index contributed by atoms with van der Waals surface area (Å²) in [5, 5.41) is 10.8. The third-order valence-corrected chi connectivity index (χ3v) is 7.03. The highest BCUT2D eigenvalue weighted by atomic mass is 32.2. The van der Waals surface area contributed by atoms with Crippen LogP contribution in [0.4, 0.5) is 0 Å². The Hall–Kier alpha value is -2.22. The molecule has 0 spiro atoms. The van der Waals surface area contributed by atoms with Gasteiger partial charge >= 0.3 is 16.1 Å². The van der Waals surface area contributed by atoms with Crippen molar-refractivity contribution in [1.29, 1.82) is 0 Å². The number of ketones is 2. The predicted molar refractivity (Wildman–Crippen MR) is 129 cm³/mol. The highest BCUT2D eigenvalue weighted by Crippen LogP contribution is 2.29. The topological polar surface area (TPSA) is 213 Å². The smallest absolute Gasteiger partial charge is 0.317 e. The molecule has 6 atom stereocenters. The monoisotopic (exact) mass is 515 g/mol. The minimum absolute atomic E-state index is 0.0244. The van der Waals surface area contributed by atoms with Gasteiger partial charge in [-0.25, -0.2) is 0 Å². The molecule has 0 aromatic heterocycles. The molecule has 8 N–H and O–H groups in total. The highest BCUT2D eigenvalue weighted by Gasteiger charge is 2.55. The van der Waals surface area contributed by atoms with E-state index in [-0.39, 0.29) is 18.9 Å². The molecule has 1 aromatic carbocycles. The summed E-state index contributed by atoms with van der Waals surface area (Å²) in [5.74, 6) is -5.60. The maximum absolute atomic E-state index is 12.8. The van der Waals surface area contributed by atoms with Crippen LogP contribution in [0.2, 0.25) is 0 Å². The van der Waals surface area contributed by atoms with E-state index in [1.165, 1.54) is 13.8 Å². The summed E-state index contributed by atoms with van der Waals surface area (Å²) in [6.07, 6.45) is -0.503. The van der Waals surface area contributed by atoms with Crippen LogP contribution in [0.3, 0.4) is 0 Å². The van der Waals surface area contributed by atoms with Crippen LogP contribution in [0, 0.1) is 17.8 Å². The van der Waals surface area contributed by atoms with Crippen molar-refractivity contribution in [3.05, 3.63) is 35.9 Å². The number of esters is 1. The molecule has 1 aromatic rings. The zero-order valence-corrected chi connectivity index (χ0v) is 21.3. The van der Waals surface area contributed by atoms with E-state index < -0.39 is 69.0 Å². The van der Waals surface area contributed by atoms with Crippen LogP contribution < -0.4 is 17.2 Å². The van der Waals surface area contributed by atoms with Gasteiger partial charge in [-0.15, -0.1) is 0 Å². The lowest BCUT2D eigenvalue weighted by atomic mass is 9.81. The highest BCUT2D eigenvalue weighted by molar-refractivity contribution is 7.88. The third-order valence-electron chi connectivity index (χ3n) is 5.74. The molecule has 0 bridgehead atoms. The predicted octanol–water partition coefficient (Wildman–Crippen LogP) is 0.135. The van der Waals surface area contributed by atoms with Crippen LogP contribution in [0.15, 0.2) is 30.3 Å². The number of hydrogen-bond donors (Lipinski definition) is 5. The first kappa shape index (κ1) is 30.8. The van der Waals surface area contributed by atoms with E-state index in [9.17, 15) is 32.5 Å². The fourth-order valence-electron chi connectivity index (χ4n) is 3.81. The van der Waals surface area contributed by atoms with Crippen molar-refractivity contribution in [2.24, 2.45) is 35.0 Å². The maximum Gasteiger partial charge on any atom is 0.317 e. The maximum atomic E-state index is 12.8. The number of hydrogen-bond acceptors (Lipinski definition) is 10. The van der Waals surface area contributed by atoms with Crippen LogP contribution in [0.5, 0.6) is 0 Å². The largest absolute Gasteiger partial charge is 0.460 e. The second kappa shape index (κ2) is 12.7. The Morgan fingerprint density at radius 1 is 1.00 bits per heavy atom. The second-order valence-electron chi connectivity index (χ2n) is 9.35. The first-order chi connectivity index (χ1) is 16.0. The number of nitrogens with two attached hydrogens (primary N) is 3.